The van der Waals surface area contributed by atoms with Gasteiger partial charge in [-0.05, 0) is 61.2 Å². The van der Waals surface area contributed by atoms with Gasteiger partial charge in [-0.15, -0.1) is 0 Å². The predicted molar refractivity (Wildman–Crippen MR) is 93.5 cm³/mol. The molecule has 2 nitrogen and oxygen atoms in total. The van der Waals surface area contributed by atoms with Crippen molar-refractivity contribution in [2.24, 2.45) is 0 Å². The first-order chi connectivity index (χ1) is 10.3. The Kier molecular flexibility index (Phi) is 6.91. The third-order valence-corrected chi connectivity index (χ3v) is 5.66. The van der Waals surface area contributed by atoms with Crippen molar-refractivity contribution in [2.45, 2.75) is 57.2 Å². The standard InChI is InChI=1S/C18H29NOS/c1-4-6-12-21-17-10-8-14-7-9-15(20-3)13-16(14)18(17)19-11-5-2/h7,9,13,17-19H,4-6,8,10-12H2,1-3H3. The van der Waals surface area contributed by atoms with Gasteiger partial charge in [0.25, 0.3) is 0 Å². The molecule has 2 rings (SSSR count). The van der Waals surface area contributed by atoms with Crippen LogP contribution < -0.4 is 10.1 Å². The number of nitrogens with one attached hydrogen (secondary N) is 1. The molecule has 0 fully saturated rings. The van der Waals surface area contributed by atoms with Crippen molar-refractivity contribution in [3.05, 3.63) is 29.3 Å². The molecule has 2 unspecified atom stereocenters. The number of ether oxygens (including phenoxy) is 1. The van der Waals surface area contributed by atoms with Crippen LogP contribution in [0.4, 0.5) is 0 Å². The van der Waals surface area contributed by atoms with Crippen LogP contribution in [-0.4, -0.2) is 24.7 Å². The Labute approximate surface area is 134 Å². The van der Waals surface area contributed by atoms with Crippen LogP contribution in [0, 0.1) is 0 Å². The highest BCUT2D eigenvalue weighted by Gasteiger charge is 2.29. The van der Waals surface area contributed by atoms with Crippen molar-refractivity contribution in [1.29, 1.82) is 0 Å². The van der Waals surface area contributed by atoms with Gasteiger partial charge in [0, 0.05) is 11.3 Å². The van der Waals surface area contributed by atoms with Crippen molar-refractivity contribution in [2.75, 3.05) is 19.4 Å². The van der Waals surface area contributed by atoms with Gasteiger partial charge in [0.1, 0.15) is 5.75 Å². The number of rotatable bonds is 8. The van der Waals surface area contributed by atoms with Crippen LogP contribution in [-0.2, 0) is 6.42 Å². The minimum Gasteiger partial charge on any atom is -0.497 e. The summed E-state index contributed by atoms with van der Waals surface area (Å²) in [5.74, 6) is 2.27. The number of unbranched alkanes of at least 4 members (excludes halogenated alkanes) is 1. The summed E-state index contributed by atoms with van der Waals surface area (Å²) < 4.78 is 5.43. The van der Waals surface area contributed by atoms with E-state index in [0.29, 0.717) is 11.3 Å². The first-order valence-electron chi connectivity index (χ1n) is 8.32. The van der Waals surface area contributed by atoms with E-state index in [0.717, 1.165) is 12.3 Å². The summed E-state index contributed by atoms with van der Waals surface area (Å²) in [7, 11) is 1.76. The van der Waals surface area contributed by atoms with Gasteiger partial charge in [0.15, 0.2) is 0 Å². The van der Waals surface area contributed by atoms with E-state index in [4.69, 9.17) is 4.74 Å². The van der Waals surface area contributed by atoms with Gasteiger partial charge >= 0.3 is 0 Å². The Morgan fingerprint density at radius 1 is 1.29 bits per heavy atom. The normalized spacial score (nSPS) is 21.1. The van der Waals surface area contributed by atoms with Gasteiger partial charge in [-0.3, -0.25) is 0 Å². The quantitative estimate of drug-likeness (QED) is 0.710. The second-order valence-corrected chi connectivity index (χ2v) is 7.15. The molecular weight excluding hydrogens is 278 g/mol. The van der Waals surface area contributed by atoms with Gasteiger partial charge in [-0.2, -0.15) is 11.8 Å². The molecule has 0 aliphatic heterocycles. The van der Waals surface area contributed by atoms with Crippen LogP contribution in [0.1, 0.15) is 56.7 Å². The fraction of sp³-hybridized carbons (Fsp3) is 0.667. The summed E-state index contributed by atoms with van der Waals surface area (Å²) in [5, 5.41) is 4.48. The van der Waals surface area contributed by atoms with E-state index in [1.807, 2.05) is 0 Å². The predicted octanol–water partition coefficient (Wildman–Crippen LogP) is 4.58. The molecule has 2 atom stereocenters. The van der Waals surface area contributed by atoms with Crippen LogP contribution in [0.15, 0.2) is 18.2 Å². The molecule has 0 saturated carbocycles. The average Bonchev–Trinajstić information content (AvgIpc) is 2.53. The summed E-state index contributed by atoms with van der Waals surface area (Å²) in [6, 6.07) is 7.07. The van der Waals surface area contributed by atoms with Crippen molar-refractivity contribution in [3.8, 4) is 5.75 Å². The molecule has 118 valence electrons. The minimum atomic E-state index is 0.477. The Morgan fingerprint density at radius 2 is 2.14 bits per heavy atom. The maximum Gasteiger partial charge on any atom is 0.119 e. The molecule has 21 heavy (non-hydrogen) atoms. The summed E-state index contributed by atoms with van der Waals surface area (Å²) in [6.07, 6.45) is 6.29. The third kappa shape index (κ3) is 4.40. The van der Waals surface area contributed by atoms with Crippen LogP contribution in [0.5, 0.6) is 5.75 Å². The first-order valence-corrected chi connectivity index (χ1v) is 9.36. The Bertz CT molecular complexity index is 435. The summed E-state index contributed by atoms with van der Waals surface area (Å²) in [4.78, 5) is 0. The molecule has 0 aromatic heterocycles. The van der Waals surface area contributed by atoms with E-state index < -0.39 is 0 Å². The molecule has 1 aromatic carbocycles. The van der Waals surface area contributed by atoms with E-state index in [-0.39, 0.29) is 0 Å². The molecule has 0 saturated heterocycles. The highest BCUT2D eigenvalue weighted by atomic mass is 32.2. The molecule has 0 heterocycles. The van der Waals surface area contributed by atoms with Crippen LogP contribution in [0.2, 0.25) is 0 Å². The lowest BCUT2D eigenvalue weighted by atomic mass is 9.87. The van der Waals surface area contributed by atoms with E-state index in [1.54, 1.807) is 7.11 Å². The molecule has 0 spiro atoms. The molecule has 0 amide bonds. The zero-order chi connectivity index (χ0) is 15.1. The van der Waals surface area contributed by atoms with Crippen LogP contribution in [0.3, 0.4) is 0 Å². The zero-order valence-corrected chi connectivity index (χ0v) is 14.5. The van der Waals surface area contributed by atoms with E-state index in [2.05, 4.69) is 49.1 Å². The lowest BCUT2D eigenvalue weighted by Crippen LogP contribution is -2.35. The topological polar surface area (TPSA) is 21.3 Å². The highest BCUT2D eigenvalue weighted by Crippen LogP contribution is 2.38. The lowest BCUT2D eigenvalue weighted by molar-refractivity contribution is 0.410. The van der Waals surface area contributed by atoms with Crippen molar-refractivity contribution in [1.82, 2.24) is 5.32 Å². The maximum absolute atomic E-state index is 5.43. The fourth-order valence-electron chi connectivity index (χ4n) is 2.98. The number of fused-ring (bicyclic) bond motifs is 1. The molecule has 1 aliphatic carbocycles. The molecule has 1 aliphatic rings. The van der Waals surface area contributed by atoms with Gasteiger partial charge < -0.3 is 10.1 Å². The van der Waals surface area contributed by atoms with Gasteiger partial charge in [0.05, 0.1) is 7.11 Å². The molecule has 0 radical (unpaired) electrons. The molecular formula is C18H29NOS. The number of hydrogen-bond donors (Lipinski definition) is 1. The van der Waals surface area contributed by atoms with Gasteiger partial charge in [-0.25, -0.2) is 0 Å². The largest absolute Gasteiger partial charge is 0.497 e. The number of benzene rings is 1. The Hall–Kier alpha value is -0.670. The fourth-order valence-corrected chi connectivity index (χ4v) is 4.46. The molecule has 1 aromatic rings. The summed E-state index contributed by atoms with van der Waals surface area (Å²) >= 11 is 2.15. The minimum absolute atomic E-state index is 0.477. The Balaban J connectivity index is 2.16. The summed E-state index contributed by atoms with van der Waals surface area (Å²) in [6.45, 7) is 5.60. The zero-order valence-electron chi connectivity index (χ0n) is 13.7. The van der Waals surface area contributed by atoms with Gasteiger partial charge in [0.2, 0.25) is 0 Å². The highest BCUT2D eigenvalue weighted by molar-refractivity contribution is 7.99. The second kappa shape index (κ2) is 8.70. The van der Waals surface area contributed by atoms with E-state index in [1.165, 1.54) is 49.0 Å². The number of methoxy groups -OCH3 is 1. The monoisotopic (exact) mass is 307 g/mol. The second-order valence-electron chi connectivity index (χ2n) is 5.80. The van der Waals surface area contributed by atoms with Crippen molar-refractivity contribution >= 4 is 11.8 Å². The third-order valence-electron chi connectivity index (χ3n) is 4.20. The van der Waals surface area contributed by atoms with Gasteiger partial charge in [-0.1, -0.05) is 26.3 Å². The maximum atomic E-state index is 5.43. The smallest absolute Gasteiger partial charge is 0.119 e. The van der Waals surface area contributed by atoms with Crippen LogP contribution in [0.25, 0.3) is 0 Å². The SMILES string of the molecule is CCCCSC1CCc2ccc(OC)cc2C1NCCC. The number of aryl methyl sites for hydroxylation is 1. The van der Waals surface area contributed by atoms with Crippen LogP contribution >= 0.6 is 11.8 Å². The van der Waals surface area contributed by atoms with E-state index in [9.17, 15) is 0 Å². The first kappa shape index (κ1) is 16.7. The number of thioether (sulfide) groups is 1. The molecule has 1 N–H and O–H groups in total. The van der Waals surface area contributed by atoms with Crippen molar-refractivity contribution < 1.29 is 4.74 Å². The number of hydrogen-bond acceptors (Lipinski definition) is 3. The Morgan fingerprint density at radius 3 is 2.86 bits per heavy atom. The average molecular weight is 308 g/mol. The lowest BCUT2D eigenvalue weighted by Gasteiger charge is -2.34. The van der Waals surface area contributed by atoms with Crippen molar-refractivity contribution in [3.63, 3.8) is 0 Å². The summed E-state index contributed by atoms with van der Waals surface area (Å²) in [5.41, 5.74) is 2.96. The molecule has 0 bridgehead atoms. The molecule has 3 heteroatoms. The van der Waals surface area contributed by atoms with E-state index >= 15 is 0 Å².